The van der Waals surface area contributed by atoms with Gasteiger partial charge in [-0.2, -0.15) is 0 Å². The second-order valence-electron chi connectivity index (χ2n) is 8.79. The summed E-state index contributed by atoms with van der Waals surface area (Å²) < 4.78 is 11.4. The standard InChI is InChI=1S/C24H38N4O3/c1-18(2)31-22-12-10-21(11-13-22)28-24(26-15-4-16-30-17-19-6-7-19)25-14-3-5-23(29)27-20-8-9-20/h10-13,18-20H,3-9,14-17H2,1-2H3,(H,27,29)(H2,25,26,28). The molecule has 0 saturated heterocycles. The molecular formula is C24H38N4O3. The molecule has 0 heterocycles. The summed E-state index contributed by atoms with van der Waals surface area (Å²) in [7, 11) is 0. The summed E-state index contributed by atoms with van der Waals surface area (Å²) in [6.45, 7) is 7.07. The van der Waals surface area contributed by atoms with Crippen LogP contribution in [0.4, 0.5) is 5.69 Å². The van der Waals surface area contributed by atoms with Gasteiger partial charge in [0.25, 0.3) is 0 Å². The zero-order valence-electron chi connectivity index (χ0n) is 19.0. The summed E-state index contributed by atoms with van der Waals surface area (Å²) in [6.07, 6.45) is 7.20. The van der Waals surface area contributed by atoms with Gasteiger partial charge in [0, 0.05) is 44.5 Å². The summed E-state index contributed by atoms with van der Waals surface area (Å²) in [4.78, 5) is 16.5. The van der Waals surface area contributed by atoms with Crippen LogP contribution in [0.5, 0.6) is 5.75 Å². The van der Waals surface area contributed by atoms with Crippen molar-refractivity contribution in [2.45, 2.75) is 70.9 Å². The third-order valence-electron chi connectivity index (χ3n) is 5.07. The van der Waals surface area contributed by atoms with Crippen LogP contribution in [0, 0.1) is 5.92 Å². The number of guanidine groups is 1. The normalized spacial score (nSPS) is 16.3. The number of carbonyl (C=O) groups is 1. The van der Waals surface area contributed by atoms with Gasteiger partial charge in [-0.3, -0.25) is 9.79 Å². The Morgan fingerprint density at radius 3 is 2.58 bits per heavy atom. The number of hydrogen-bond acceptors (Lipinski definition) is 4. The molecule has 2 saturated carbocycles. The van der Waals surface area contributed by atoms with Gasteiger partial charge in [0.1, 0.15) is 5.75 Å². The van der Waals surface area contributed by atoms with E-state index in [9.17, 15) is 4.79 Å². The van der Waals surface area contributed by atoms with E-state index in [0.29, 0.717) is 19.0 Å². The maximum Gasteiger partial charge on any atom is 0.220 e. The average molecular weight is 431 g/mol. The third-order valence-corrected chi connectivity index (χ3v) is 5.07. The van der Waals surface area contributed by atoms with Crippen molar-refractivity contribution < 1.29 is 14.3 Å². The molecule has 0 aromatic heterocycles. The molecule has 2 aliphatic carbocycles. The predicted octanol–water partition coefficient (Wildman–Crippen LogP) is 3.71. The van der Waals surface area contributed by atoms with E-state index in [1.807, 2.05) is 38.1 Å². The van der Waals surface area contributed by atoms with Crippen LogP contribution in [0.3, 0.4) is 0 Å². The Bertz CT molecular complexity index is 697. The number of hydrogen-bond donors (Lipinski definition) is 3. The van der Waals surface area contributed by atoms with Gasteiger partial charge >= 0.3 is 0 Å². The van der Waals surface area contributed by atoms with E-state index in [1.165, 1.54) is 12.8 Å². The lowest BCUT2D eigenvalue weighted by Crippen LogP contribution is -2.32. The van der Waals surface area contributed by atoms with Crippen LogP contribution >= 0.6 is 0 Å². The third kappa shape index (κ3) is 10.5. The molecule has 31 heavy (non-hydrogen) atoms. The van der Waals surface area contributed by atoms with Crippen LogP contribution in [0.15, 0.2) is 29.3 Å². The largest absolute Gasteiger partial charge is 0.491 e. The molecule has 1 aromatic carbocycles. The molecular weight excluding hydrogens is 392 g/mol. The Balaban J connectivity index is 1.42. The number of amides is 1. The van der Waals surface area contributed by atoms with Crippen molar-refractivity contribution in [3.8, 4) is 5.75 Å². The molecule has 0 radical (unpaired) electrons. The first-order valence-electron chi connectivity index (χ1n) is 11.8. The van der Waals surface area contributed by atoms with Crippen molar-refractivity contribution in [3.05, 3.63) is 24.3 Å². The first kappa shape index (κ1) is 23.4. The molecule has 1 amide bonds. The number of rotatable bonds is 14. The lowest BCUT2D eigenvalue weighted by molar-refractivity contribution is -0.121. The van der Waals surface area contributed by atoms with Gasteiger partial charge in [-0.05, 0) is 82.6 Å². The van der Waals surface area contributed by atoms with Crippen LogP contribution in [-0.2, 0) is 9.53 Å². The van der Waals surface area contributed by atoms with E-state index in [-0.39, 0.29) is 12.0 Å². The van der Waals surface area contributed by atoms with Gasteiger partial charge in [0.05, 0.1) is 6.10 Å². The maximum atomic E-state index is 11.8. The van der Waals surface area contributed by atoms with Crippen LogP contribution in [0.1, 0.15) is 58.8 Å². The molecule has 7 nitrogen and oxygen atoms in total. The lowest BCUT2D eigenvalue weighted by Gasteiger charge is -2.14. The van der Waals surface area contributed by atoms with Crippen LogP contribution in [0.2, 0.25) is 0 Å². The van der Waals surface area contributed by atoms with E-state index in [4.69, 9.17) is 9.47 Å². The first-order chi connectivity index (χ1) is 15.1. The van der Waals surface area contributed by atoms with Gasteiger partial charge in [-0.25, -0.2) is 0 Å². The van der Waals surface area contributed by atoms with E-state index >= 15 is 0 Å². The van der Waals surface area contributed by atoms with E-state index < -0.39 is 0 Å². The summed E-state index contributed by atoms with van der Waals surface area (Å²) in [5.74, 6) is 2.50. The Morgan fingerprint density at radius 1 is 1.13 bits per heavy atom. The van der Waals surface area contributed by atoms with Crippen LogP contribution in [-0.4, -0.2) is 50.3 Å². The Hall–Kier alpha value is -2.28. The number of ether oxygens (including phenoxy) is 2. The predicted molar refractivity (Wildman–Crippen MR) is 125 cm³/mol. The Morgan fingerprint density at radius 2 is 1.90 bits per heavy atom. The van der Waals surface area contributed by atoms with Crippen molar-refractivity contribution in [2.75, 3.05) is 31.6 Å². The monoisotopic (exact) mass is 430 g/mol. The number of anilines is 1. The van der Waals surface area contributed by atoms with Crippen LogP contribution < -0.4 is 20.7 Å². The fourth-order valence-corrected chi connectivity index (χ4v) is 3.04. The first-order valence-corrected chi connectivity index (χ1v) is 11.8. The number of aliphatic imine (C=N–C) groups is 1. The van der Waals surface area contributed by atoms with Crippen molar-refractivity contribution in [1.29, 1.82) is 0 Å². The number of nitrogens with zero attached hydrogens (tertiary/aromatic N) is 1. The van der Waals surface area contributed by atoms with E-state index in [1.54, 1.807) is 0 Å². The molecule has 2 fully saturated rings. The highest BCUT2D eigenvalue weighted by Crippen LogP contribution is 2.28. The molecule has 3 N–H and O–H groups in total. The average Bonchev–Trinajstić information content (AvgIpc) is 3.65. The molecule has 0 aliphatic heterocycles. The van der Waals surface area contributed by atoms with Crippen molar-refractivity contribution >= 4 is 17.6 Å². The number of carbonyl (C=O) groups excluding carboxylic acids is 1. The van der Waals surface area contributed by atoms with Crippen molar-refractivity contribution in [2.24, 2.45) is 10.9 Å². The lowest BCUT2D eigenvalue weighted by atomic mass is 10.3. The van der Waals surface area contributed by atoms with Gasteiger partial charge in [0.2, 0.25) is 5.91 Å². The molecule has 2 aliphatic rings. The summed E-state index contributed by atoms with van der Waals surface area (Å²) in [6, 6.07) is 8.29. The van der Waals surface area contributed by atoms with Crippen molar-refractivity contribution in [1.82, 2.24) is 10.6 Å². The zero-order valence-corrected chi connectivity index (χ0v) is 19.0. The minimum absolute atomic E-state index is 0.133. The van der Waals surface area contributed by atoms with E-state index in [2.05, 4.69) is 20.9 Å². The van der Waals surface area contributed by atoms with Gasteiger partial charge in [0.15, 0.2) is 5.96 Å². The quantitative estimate of drug-likeness (QED) is 0.238. The summed E-state index contributed by atoms with van der Waals surface area (Å²) >= 11 is 0. The summed E-state index contributed by atoms with van der Waals surface area (Å²) in [5.41, 5.74) is 0.943. The Kier molecular flexibility index (Phi) is 9.46. The smallest absolute Gasteiger partial charge is 0.220 e. The van der Waals surface area contributed by atoms with Gasteiger partial charge in [-0.1, -0.05) is 0 Å². The minimum atomic E-state index is 0.133. The second kappa shape index (κ2) is 12.5. The Labute approximate surface area is 186 Å². The fourth-order valence-electron chi connectivity index (χ4n) is 3.04. The number of benzene rings is 1. The minimum Gasteiger partial charge on any atom is -0.491 e. The van der Waals surface area contributed by atoms with E-state index in [0.717, 1.165) is 68.8 Å². The summed E-state index contributed by atoms with van der Waals surface area (Å²) in [5, 5.41) is 9.75. The van der Waals surface area contributed by atoms with Gasteiger partial charge in [-0.15, -0.1) is 0 Å². The highest BCUT2D eigenvalue weighted by atomic mass is 16.5. The SMILES string of the molecule is CC(C)Oc1ccc(NC(=NCCCC(=O)NC2CC2)NCCCOCC2CC2)cc1. The zero-order chi connectivity index (χ0) is 21.9. The molecule has 3 rings (SSSR count). The molecule has 1 aromatic rings. The molecule has 172 valence electrons. The molecule has 0 bridgehead atoms. The second-order valence-corrected chi connectivity index (χ2v) is 8.79. The topological polar surface area (TPSA) is 84.0 Å². The highest BCUT2D eigenvalue weighted by Gasteiger charge is 2.22. The molecule has 0 spiro atoms. The molecule has 0 unspecified atom stereocenters. The van der Waals surface area contributed by atoms with Crippen molar-refractivity contribution in [3.63, 3.8) is 0 Å². The molecule has 7 heteroatoms. The highest BCUT2D eigenvalue weighted by molar-refractivity contribution is 5.93. The van der Waals surface area contributed by atoms with Crippen LogP contribution in [0.25, 0.3) is 0 Å². The fraction of sp³-hybridized carbons (Fsp3) is 0.667. The number of nitrogens with one attached hydrogen (secondary N) is 3. The maximum absolute atomic E-state index is 11.8. The van der Waals surface area contributed by atoms with Gasteiger partial charge < -0.3 is 25.4 Å². The molecule has 0 atom stereocenters.